The van der Waals surface area contributed by atoms with Crippen molar-refractivity contribution in [1.82, 2.24) is 0 Å². The smallest absolute Gasteiger partial charge is 0.232 e. The minimum absolute atomic E-state index is 0.0195. The Morgan fingerprint density at radius 3 is 2.76 bits per heavy atom. The molecule has 0 fully saturated rings. The van der Waals surface area contributed by atoms with Gasteiger partial charge in [0.1, 0.15) is 5.82 Å². The van der Waals surface area contributed by atoms with Gasteiger partial charge >= 0.3 is 0 Å². The Hall–Kier alpha value is -0.410. The lowest BCUT2D eigenvalue weighted by atomic mass is 10.3. The maximum absolute atomic E-state index is 12.8. The zero-order valence-electron chi connectivity index (χ0n) is 9.24. The maximum atomic E-state index is 12.8. The molecular weight excluding hydrogens is 360 g/mol. The molecule has 4 nitrogen and oxygen atoms in total. The molecule has 1 aromatic rings. The summed E-state index contributed by atoms with van der Waals surface area (Å²) in [6.07, 6.45) is 0.420. The molecule has 0 aliphatic carbocycles. The van der Waals surface area contributed by atoms with Gasteiger partial charge in [-0.2, -0.15) is 0 Å². The van der Waals surface area contributed by atoms with Crippen molar-refractivity contribution in [1.29, 1.82) is 0 Å². The summed E-state index contributed by atoms with van der Waals surface area (Å²) >= 11 is 1.88. The van der Waals surface area contributed by atoms with Crippen LogP contribution in [0.3, 0.4) is 0 Å². The van der Waals surface area contributed by atoms with E-state index < -0.39 is 15.8 Å². The van der Waals surface area contributed by atoms with E-state index in [4.69, 9.17) is 4.74 Å². The Bertz CT molecular complexity index is 478. The van der Waals surface area contributed by atoms with Gasteiger partial charge in [-0.25, -0.2) is 12.8 Å². The van der Waals surface area contributed by atoms with E-state index in [0.717, 1.165) is 0 Å². The Labute approximate surface area is 114 Å². The number of halogens is 2. The van der Waals surface area contributed by atoms with Crippen LogP contribution < -0.4 is 4.72 Å². The van der Waals surface area contributed by atoms with E-state index in [1.165, 1.54) is 25.3 Å². The van der Waals surface area contributed by atoms with Crippen molar-refractivity contribution >= 4 is 38.3 Å². The van der Waals surface area contributed by atoms with Gasteiger partial charge in [-0.3, -0.25) is 4.72 Å². The van der Waals surface area contributed by atoms with Gasteiger partial charge in [-0.05, 0) is 47.2 Å². The van der Waals surface area contributed by atoms with Crippen LogP contribution in [0, 0.1) is 9.39 Å². The molecule has 0 saturated carbocycles. The van der Waals surface area contributed by atoms with Crippen LogP contribution in [-0.2, 0) is 14.8 Å². The van der Waals surface area contributed by atoms with Gasteiger partial charge in [0.25, 0.3) is 0 Å². The van der Waals surface area contributed by atoms with Gasteiger partial charge in [0.2, 0.25) is 10.0 Å². The van der Waals surface area contributed by atoms with Crippen molar-refractivity contribution in [2.75, 3.05) is 24.2 Å². The Morgan fingerprint density at radius 2 is 2.18 bits per heavy atom. The van der Waals surface area contributed by atoms with Crippen LogP contribution in [0.1, 0.15) is 6.42 Å². The highest BCUT2D eigenvalue weighted by Crippen LogP contribution is 2.20. The lowest BCUT2D eigenvalue weighted by Crippen LogP contribution is -2.18. The number of ether oxygens (including phenoxy) is 1. The van der Waals surface area contributed by atoms with Crippen molar-refractivity contribution in [3.05, 3.63) is 27.6 Å². The highest BCUT2D eigenvalue weighted by Gasteiger charge is 2.12. The number of rotatable bonds is 6. The van der Waals surface area contributed by atoms with E-state index in [2.05, 4.69) is 4.72 Å². The Kier molecular flexibility index (Phi) is 5.60. The largest absolute Gasteiger partial charge is 0.385 e. The molecule has 0 aliphatic heterocycles. The van der Waals surface area contributed by atoms with Crippen LogP contribution >= 0.6 is 22.6 Å². The van der Waals surface area contributed by atoms with E-state index in [0.29, 0.717) is 22.3 Å². The standard InChI is InChI=1S/C10H13FINO3S/c1-16-5-2-6-17(14,15)13-10-4-3-8(11)7-9(10)12/h3-4,7,13H,2,5-6H2,1H3. The predicted molar refractivity (Wildman–Crippen MR) is 73.0 cm³/mol. The van der Waals surface area contributed by atoms with Crippen LogP contribution in [0.5, 0.6) is 0 Å². The van der Waals surface area contributed by atoms with Crippen molar-refractivity contribution < 1.29 is 17.5 Å². The predicted octanol–water partition coefficient (Wildman–Crippen LogP) is 2.21. The number of benzene rings is 1. The molecule has 0 unspecified atom stereocenters. The summed E-state index contributed by atoms with van der Waals surface area (Å²) in [5, 5.41) is 0. The molecule has 0 atom stereocenters. The fourth-order valence-corrected chi connectivity index (χ4v) is 3.09. The Balaban J connectivity index is 2.69. The molecule has 96 valence electrons. The van der Waals surface area contributed by atoms with Crippen molar-refractivity contribution in [3.63, 3.8) is 0 Å². The fourth-order valence-electron chi connectivity index (χ4n) is 1.18. The van der Waals surface area contributed by atoms with Gasteiger partial charge in [0.05, 0.1) is 11.4 Å². The molecular formula is C10H13FINO3S. The number of hydrogen-bond donors (Lipinski definition) is 1. The summed E-state index contributed by atoms with van der Waals surface area (Å²) in [7, 11) is -1.88. The third-order valence-electron chi connectivity index (χ3n) is 1.96. The molecule has 0 aromatic heterocycles. The van der Waals surface area contributed by atoms with E-state index in [1.54, 1.807) is 0 Å². The summed E-state index contributed by atoms with van der Waals surface area (Å²) in [6.45, 7) is 0.390. The van der Waals surface area contributed by atoms with E-state index >= 15 is 0 Å². The quantitative estimate of drug-likeness (QED) is 0.615. The highest BCUT2D eigenvalue weighted by atomic mass is 127. The molecule has 0 saturated heterocycles. The molecule has 1 aromatic carbocycles. The molecule has 0 amide bonds. The molecule has 0 radical (unpaired) electrons. The zero-order chi connectivity index (χ0) is 12.9. The summed E-state index contributed by atoms with van der Waals surface area (Å²) in [5.41, 5.74) is 0.393. The van der Waals surface area contributed by atoms with E-state index in [1.807, 2.05) is 22.6 Å². The second-order valence-electron chi connectivity index (χ2n) is 3.39. The second-order valence-corrected chi connectivity index (χ2v) is 6.40. The monoisotopic (exact) mass is 373 g/mol. The van der Waals surface area contributed by atoms with Crippen molar-refractivity contribution in [2.24, 2.45) is 0 Å². The molecule has 0 aliphatic rings. The van der Waals surface area contributed by atoms with Crippen LogP contribution in [-0.4, -0.2) is 27.9 Å². The first-order valence-corrected chi connectivity index (χ1v) is 7.62. The average Bonchev–Trinajstić information content (AvgIpc) is 2.22. The molecule has 0 bridgehead atoms. The molecule has 17 heavy (non-hydrogen) atoms. The van der Waals surface area contributed by atoms with Crippen molar-refractivity contribution in [2.45, 2.75) is 6.42 Å². The second kappa shape index (κ2) is 6.50. The van der Waals surface area contributed by atoms with Crippen LogP contribution in [0.2, 0.25) is 0 Å². The lowest BCUT2D eigenvalue weighted by molar-refractivity contribution is 0.199. The van der Waals surface area contributed by atoms with Gasteiger partial charge in [-0.15, -0.1) is 0 Å². The SMILES string of the molecule is COCCCS(=O)(=O)Nc1ccc(F)cc1I. The maximum Gasteiger partial charge on any atom is 0.232 e. The minimum atomic E-state index is -3.40. The van der Waals surface area contributed by atoms with Gasteiger partial charge in [-0.1, -0.05) is 0 Å². The molecule has 1 rings (SSSR count). The number of nitrogens with one attached hydrogen (secondary N) is 1. The minimum Gasteiger partial charge on any atom is -0.385 e. The summed E-state index contributed by atoms with van der Waals surface area (Å²) in [6, 6.07) is 3.90. The first kappa shape index (κ1) is 14.7. The van der Waals surface area contributed by atoms with Crippen LogP contribution in [0.15, 0.2) is 18.2 Å². The first-order chi connectivity index (χ1) is 7.94. The van der Waals surface area contributed by atoms with Gasteiger partial charge in [0.15, 0.2) is 0 Å². The zero-order valence-corrected chi connectivity index (χ0v) is 12.2. The Morgan fingerprint density at radius 1 is 1.47 bits per heavy atom. The van der Waals surface area contributed by atoms with Crippen molar-refractivity contribution in [3.8, 4) is 0 Å². The molecule has 0 spiro atoms. The first-order valence-electron chi connectivity index (χ1n) is 4.89. The third kappa shape index (κ3) is 5.17. The number of sulfonamides is 1. The number of methoxy groups -OCH3 is 1. The summed E-state index contributed by atoms with van der Waals surface area (Å²) < 4.78 is 43.9. The summed E-state index contributed by atoms with van der Waals surface area (Å²) in [5.74, 6) is -0.411. The van der Waals surface area contributed by atoms with Crippen LogP contribution in [0.4, 0.5) is 10.1 Å². The number of hydrogen-bond acceptors (Lipinski definition) is 3. The molecule has 1 N–H and O–H groups in total. The highest BCUT2D eigenvalue weighted by molar-refractivity contribution is 14.1. The third-order valence-corrected chi connectivity index (χ3v) is 4.21. The topological polar surface area (TPSA) is 55.4 Å². The molecule has 7 heteroatoms. The van der Waals surface area contributed by atoms with Gasteiger partial charge < -0.3 is 4.74 Å². The molecule has 0 heterocycles. The summed E-state index contributed by atoms with van der Waals surface area (Å²) in [4.78, 5) is 0. The van der Waals surface area contributed by atoms with Gasteiger partial charge in [0, 0.05) is 17.3 Å². The van der Waals surface area contributed by atoms with Crippen LogP contribution in [0.25, 0.3) is 0 Å². The van der Waals surface area contributed by atoms with E-state index in [-0.39, 0.29) is 5.75 Å². The lowest BCUT2D eigenvalue weighted by Gasteiger charge is -2.09. The normalized spacial score (nSPS) is 11.5. The fraction of sp³-hybridized carbons (Fsp3) is 0.400. The number of anilines is 1. The average molecular weight is 373 g/mol. The van der Waals surface area contributed by atoms with E-state index in [9.17, 15) is 12.8 Å².